The smallest absolute Gasteiger partial charge is 0.239 e. The molecule has 0 saturated heterocycles. The fourth-order valence-electron chi connectivity index (χ4n) is 1.03. The molecule has 2 unspecified atom stereocenters. The van der Waals surface area contributed by atoms with Crippen molar-refractivity contribution in [1.82, 2.24) is 10.1 Å². The molecule has 2 N–H and O–H groups in total. The topological polar surface area (TPSA) is 79.4 Å². The molecule has 5 nitrogen and oxygen atoms in total. The van der Waals surface area contributed by atoms with E-state index in [2.05, 4.69) is 10.1 Å². The van der Waals surface area contributed by atoms with Gasteiger partial charge in [-0.1, -0.05) is 19.0 Å². The van der Waals surface area contributed by atoms with Gasteiger partial charge >= 0.3 is 0 Å². The monoisotopic (exact) mass is 246 g/mol. The number of thioether (sulfide) groups is 1. The lowest BCUT2D eigenvalue weighted by molar-refractivity contribution is 0.113. The predicted octanol–water partition coefficient (Wildman–Crippen LogP) is 1.34. The fraction of sp³-hybridized carbons (Fsp3) is 0.800. The highest BCUT2D eigenvalue weighted by atomic mass is 32.2. The molecule has 0 saturated carbocycles. The van der Waals surface area contributed by atoms with Crippen LogP contribution < -0.4 is 0 Å². The highest BCUT2D eigenvalue weighted by Gasteiger charge is 2.17. The second kappa shape index (κ2) is 6.22. The van der Waals surface area contributed by atoms with Crippen molar-refractivity contribution in [1.29, 1.82) is 0 Å². The van der Waals surface area contributed by atoms with Gasteiger partial charge in [-0.25, -0.2) is 0 Å². The molecule has 1 rings (SSSR count). The average Bonchev–Trinajstić information content (AvgIpc) is 2.74. The largest absolute Gasteiger partial charge is 0.394 e. The maximum absolute atomic E-state index is 9.21. The van der Waals surface area contributed by atoms with E-state index in [4.69, 9.17) is 9.63 Å². The summed E-state index contributed by atoms with van der Waals surface area (Å²) >= 11 is 1.48. The molecule has 1 aromatic rings. The summed E-state index contributed by atoms with van der Waals surface area (Å²) in [7, 11) is 0. The molecule has 0 aliphatic rings. The van der Waals surface area contributed by atoms with E-state index in [0.29, 0.717) is 17.5 Å². The zero-order valence-electron chi connectivity index (χ0n) is 9.75. The lowest BCUT2D eigenvalue weighted by atomic mass is 10.2. The molecule has 2 atom stereocenters. The van der Waals surface area contributed by atoms with Crippen LogP contribution >= 0.6 is 11.8 Å². The van der Waals surface area contributed by atoms with Gasteiger partial charge in [0.05, 0.1) is 18.0 Å². The van der Waals surface area contributed by atoms with Crippen molar-refractivity contribution in [3.05, 3.63) is 11.7 Å². The van der Waals surface area contributed by atoms with E-state index in [1.807, 2.05) is 20.8 Å². The Morgan fingerprint density at radius 2 is 2.06 bits per heavy atom. The first-order chi connectivity index (χ1) is 7.54. The Bertz CT molecular complexity index is 317. The molecule has 0 aromatic carbocycles. The SMILES string of the molecule is CC(C)c1noc(C(C)SCC(O)CO)n1. The second-order valence-corrected chi connectivity index (χ2v) is 5.33. The Morgan fingerprint density at radius 3 is 2.56 bits per heavy atom. The number of aromatic nitrogens is 2. The summed E-state index contributed by atoms with van der Waals surface area (Å²) in [6.45, 7) is 5.72. The van der Waals surface area contributed by atoms with Gasteiger partial charge in [-0.3, -0.25) is 0 Å². The standard InChI is InChI=1S/C10H18N2O3S/c1-6(2)9-11-10(15-12-9)7(3)16-5-8(14)4-13/h6-8,13-14H,4-5H2,1-3H3. The van der Waals surface area contributed by atoms with Gasteiger partial charge in [0.15, 0.2) is 5.82 Å². The summed E-state index contributed by atoms with van der Waals surface area (Å²) in [5.41, 5.74) is 0. The summed E-state index contributed by atoms with van der Waals surface area (Å²) in [5, 5.41) is 21.8. The van der Waals surface area contributed by atoms with Crippen molar-refractivity contribution in [3.63, 3.8) is 0 Å². The summed E-state index contributed by atoms with van der Waals surface area (Å²) in [6.07, 6.45) is -0.694. The first-order valence-electron chi connectivity index (χ1n) is 5.28. The Labute approximate surface area is 99.2 Å². The highest BCUT2D eigenvalue weighted by molar-refractivity contribution is 7.99. The van der Waals surface area contributed by atoms with Gasteiger partial charge in [0.25, 0.3) is 0 Å². The molecule has 0 bridgehead atoms. The fourth-order valence-corrected chi connectivity index (χ4v) is 1.88. The van der Waals surface area contributed by atoms with Crippen molar-refractivity contribution in [2.24, 2.45) is 0 Å². The van der Waals surface area contributed by atoms with Crippen molar-refractivity contribution in [2.45, 2.75) is 38.0 Å². The molecule has 0 amide bonds. The minimum Gasteiger partial charge on any atom is -0.394 e. The zero-order valence-corrected chi connectivity index (χ0v) is 10.6. The van der Waals surface area contributed by atoms with Crippen LogP contribution in [0.15, 0.2) is 4.52 Å². The molecule has 16 heavy (non-hydrogen) atoms. The third-order valence-electron chi connectivity index (χ3n) is 2.07. The lowest BCUT2D eigenvalue weighted by Gasteiger charge is -2.09. The van der Waals surface area contributed by atoms with Crippen LogP contribution in [0.2, 0.25) is 0 Å². The number of hydrogen-bond donors (Lipinski definition) is 2. The third kappa shape index (κ3) is 3.77. The molecule has 6 heteroatoms. The third-order valence-corrected chi connectivity index (χ3v) is 3.35. The predicted molar refractivity (Wildman–Crippen MR) is 62.4 cm³/mol. The summed E-state index contributed by atoms with van der Waals surface area (Å²) in [4.78, 5) is 4.27. The minimum absolute atomic E-state index is 0.0289. The molecule has 0 spiro atoms. The van der Waals surface area contributed by atoms with Crippen LogP contribution in [0.3, 0.4) is 0 Å². The van der Waals surface area contributed by atoms with Crippen LogP contribution in [0, 0.1) is 0 Å². The van der Waals surface area contributed by atoms with Gasteiger partial charge in [-0.05, 0) is 6.92 Å². The van der Waals surface area contributed by atoms with E-state index in [0.717, 1.165) is 0 Å². The zero-order chi connectivity index (χ0) is 12.1. The maximum Gasteiger partial charge on any atom is 0.239 e. The highest BCUT2D eigenvalue weighted by Crippen LogP contribution is 2.28. The van der Waals surface area contributed by atoms with Crippen LogP contribution in [-0.2, 0) is 0 Å². The van der Waals surface area contributed by atoms with Gasteiger partial charge in [-0.2, -0.15) is 4.98 Å². The van der Waals surface area contributed by atoms with Crippen LogP contribution in [-0.4, -0.2) is 38.8 Å². The molecule has 0 fully saturated rings. The van der Waals surface area contributed by atoms with Crippen LogP contribution in [0.25, 0.3) is 0 Å². The molecule has 92 valence electrons. The normalized spacial score (nSPS) is 15.4. The second-order valence-electron chi connectivity index (χ2n) is 3.96. The summed E-state index contributed by atoms with van der Waals surface area (Å²) < 4.78 is 5.13. The Morgan fingerprint density at radius 1 is 1.38 bits per heavy atom. The molecule has 0 aliphatic carbocycles. The van der Waals surface area contributed by atoms with E-state index >= 15 is 0 Å². The lowest BCUT2D eigenvalue weighted by Crippen LogP contribution is -2.15. The number of aliphatic hydroxyl groups is 2. The molecular weight excluding hydrogens is 228 g/mol. The van der Waals surface area contributed by atoms with Gasteiger partial charge in [-0.15, -0.1) is 11.8 Å². The van der Waals surface area contributed by atoms with Gasteiger partial charge in [0.2, 0.25) is 5.89 Å². The van der Waals surface area contributed by atoms with Gasteiger partial charge in [0.1, 0.15) is 0 Å². The Hall–Kier alpha value is -0.590. The van der Waals surface area contributed by atoms with E-state index < -0.39 is 6.10 Å². The maximum atomic E-state index is 9.21. The molecule has 1 aromatic heterocycles. The van der Waals surface area contributed by atoms with Gasteiger partial charge in [0, 0.05) is 11.7 Å². The van der Waals surface area contributed by atoms with E-state index in [-0.39, 0.29) is 17.8 Å². The first-order valence-corrected chi connectivity index (χ1v) is 6.33. The van der Waals surface area contributed by atoms with Crippen molar-refractivity contribution in [2.75, 3.05) is 12.4 Å². The van der Waals surface area contributed by atoms with Crippen molar-refractivity contribution < 1.29 is 14.7 Å². The molecule has 1 heterocycles. The Balaban J connectivity index is 2.49. The van der Waals surface area contributed by atoms with E-state index in [9.17, 15) is 5.11 Å². The number of hydrogen-bond acceptors (Lipinski definition) is 6. The van der Waals surface area contributed by atoms with Crippen LogP contribution in [0.4, 0.5) is 0 Å². The summed E-state index contributed by atoms with van der Waals surface area (Å²) in [6, 6.07) is 0. The van der Waals surface area contributed by atoms with Crippen molar-refractivity contribution in [3.8, 4) is 0 Å². The average molecular weight is 246 g/mol. The minimum atomic E-state index is -0.694. The molecular formula is C10H18N2O3S. The number of rotatable bonds is 6. The van der Waals surface area contributed by atoms with Crippen LogP contribution in [0.5, 0.6) is 0 Å². The quantitative estimate of drug-likeness (QED) is 0.788. The van der Waals surface area contributed by atoms with Crippen LogP contribution in [0.1, 0.15) is 43.7 Å². The van der Waals surface area contributed by atoms with Crippen molar-refractivity contribution >= 4 is 11.8 Å². The van der Waals surface area contributed by atoms with Gasteiger partial charge < -0.3 is 14.7 Å². The number of nitrogens with zero attached hydrogens (tertiary/aromatic N) is 2. The Kier molecular flexibility index (Phi) is 5.24. The summed E-state index contributed by atoms with van der Waals surface area (Å²) in [5.74, 6) is 1.97. The van der Waals surface area contributed by atoms with E-state index in [1.54, 1.807) is 0 Å². The number of aliphatic hydroxyl groups excluding tert-OH is 2. The molecule has 0 aliphatic heterocycles. The molecule has 0 radical (unpaired) electrons. The first kappa shape index (κ1) is 13.5. The van der Waals surface area contributed by atoms with E-state index in [1.165, 1.54) is 11.8 Å².